The van der Waals surface area contributed by atoms with Gasteiger partial charge >= 0.3 is 12.0 Å². The number of aromatic carboxylic acids is 1. The average Bonchev–Trinajstić information content (AvgIpc) is 3.21. The molecule has 0 aliphatic heterocycles. The normalized spacial score (nSPS) is 10.9. The first kappa shape index (κ1) is 33.9. The van der Waals surface area contributed by atoms with Crippen LogP contribution in [-0.2, 0) is 0 Å². The predicted molar refractivity (Wildman–Crippen MR) is 160 cm³/mol. The van der Waals surface area contributed by atoms with E-state index in [4.69, 9.17) is 0 Å². The van der Waals surface area contributed by atoms with Crippen LogP contribution in [0.4, 0.5) is 9.80 Å². The summed E-state index contributed by atoms with van der Waals surface area (Å²) in [4.78, 5) is 37.2. The number of thiophene rings is 1. The van der Waals surface area contributed by atoms with E-state index in [-0.39, 0.29) is 16.5 Å². The number of nitrogens with one attached hydrogen (secondary N) is 3. The fourth-order valence-corrected chi connectivity index (χ4v) is 5.69. The summed E-state index contributed by atoms with van der Waals surface area (Å²) in [6, 6.07) is -0.434. The number of anilines is 1. The van der Waals surface area contributed by atoms with Crippen LogP contribution in [0.5, 0.6) is 0 Å². The van der Waals surface area contributed by atoms with Crippen molar-refractivity contribution < 1.29 is 19.5 Å². The lowest BCUT2D eigenvalue weighted by atomic mass is 10.1. The van der Waals surface area contributed by atoms with Crippen LogP contribution >= 0.6 is 11.3 Å². The van der Waals surface area contributed by atoms with Gasteiger partial charge in [-0.3, -0.25) is 10.1 Å². The Kier molecular flexibility index (Phi) is 19.5. The highest BCUT2D eigenvalue weighted by Gasteiger charge is 2.25. The fraction of sp³-hybridized carbons (Fsp3) is 0.767. The molecule has 0 unspecified atom stereocenters. The van der Waals surface area contributed by atoms with Gasteiger partial charge in [0.15, 0.2) is 0 Å². The van der Waals surface area contributed by atoms with Crippen molar-refractivity contribution in [1.82, 2.24) is 10.6 Å². The van der Waals surface area contributed by atoms with Gasteiger partial charge in [0.05, 0.1) is 10.4 Å². The Morgan fingerprint density at radius 1 is 0.658 bits per heavy atom. The summed E-state index contributed by atoms with van der Waals surface area (Å²) in [6.07, 6.45) is 21.9. The van der Waals surface area contributed by atoms with Crippen molar-refractivity contribution in [2.75, 3.05) is 18.4 Å². The van der Waals surface area contributed by atoms with E-state index in [1.807, 2.05) is 0 Å². The van der Waals surface area contributed by atoms with E-state index < -0.39 is 12.0 Å². The first-order chi connectivity index (χ1) is 18.4. The summed E-state index contributed by atoms with van der Waals surface area (Å²) >= 11 is 1.02. The van der Waals surface area contributed by atoms with Crippen LogP contribution < -0.4 is 16.0 Å². The van der Waals surface area contributed by atoms with Gasteiger partial charge in [0.2, 0.25) is 0 Å². The van der Waals surface area contributed by atoms with Crippen molar-refractivity contribution in [3.05, 3.63) is 16.0 Å². The number of carboxylic acids is 1. The molecule has 0 saturated heterocycles. The number of carbonyl (C=O) groups excluding carboxylic acids is 2. The average molecular weight is 552 g/mol. The van der Waals surface area contributed by atoms with Gasteiger partial charge in [0.25, 0.3) is 5.91 Å². The number of carbonyl (C=O) groups is 3. The van der Waals surface area contributed by atoms with Gasteiger partial charge in [0.1, 0.15) is 5.00 Å². The van der Waals surface area contributed by atoms with E-state index in [0.29, 0.717) is 23.5 Å². The number of urea groups is 1. The molecule has 1 aromatic heterocycles. The Bertz CT molecular complexity index is 810. The van der Waals surface area contributed by atoms with E-state index in [2.05, 4.69) is 29.8 Å². The highest BCUT2D eigenvalue weighted by Crippen LogP contribution is 2.33. The minimum Gasteiger partial charge on any atom is -0.478 e. The van der Waals surface area contributed by atoms with Crippen molar-refractivity contribution in [2.45, 2.75) is 136 Å². The molecular weight excluding hydrogens is 498 g/mol. The first-order valence-electron chi connectivity index (χ1n) is 15.1. The molecule has 0 atom stereocenters. The standard InChI is InChI=1S/C30H53N3O4S/c1-4-6-8-10-12-13-14-15-16-17-19-21-23-32-30(37)33-28-25(29(35)36)24(3)26(38-28)27(34)31-22-20-18-11-9-7-5-2/h4-23H2,1-3H3,(H,31,34)(H,35,36)(H2,32,33,37). The van der Waals surface area contributed by atoms with Gasteiger partial charge in [-0.05, 0) is 25.3 Å². The largest absolute Gasteiger partial charge is 0.478 e. The number of hydrogen-bond acceptors (Lipinski definition) is 4. The van der Waals surface area contributed by atoms with E-state index in [1.165, 1.54) is 83.5 Å². The number of hydrogen-bond donors (Lipinski definition) is 4. The molecule has 7 nitrogen and oxygen atoms in total. The molecule has 0 aliphatic rings. The topological polar surface area (TPSA) is 108 Å². The lowest BCUT2D eigenvalue weighted by molar-refractivity contribution is 0.0697. The number of carboxylic acid groups (broad SMARTS) is 1. The molecule has 1 heterocycles. The molecule has 3 amide bonds. The van der Waals surface area contributed by atoms with E-state index in [9.17, 15) is 19.5 Å². The molecule has 218 valence electrons. The smallest absolute Gasteiger partial charge is 0.339 e. The van der Waals surface area contributed by atoms with Gasteiger partial charge in [-0.25, -0.2) is 9.59 Å². The van der Waals surface area contributed by atoms with Gasteiger partial charge < -0.3 is 15.7 Å². The highest BCUT2D eigenvalue weighted by molar-refractivity contribution is 7.18. The molecular formula is C30H53N3O4S. The summed E-state index contributed by atoms with van der Waals surface area (Å²) in [5.74, 6) is -1.43. The maximum Gasteiger partial charge on any atom is 0.339 e. The molecule has 0 aromatic carbocycles. The Balaban J connectivity index is 2.31. The summed E-state index contributed by atoms with van der Waals surface area (Å²) in [5.41, 5.74) is 0.374. The zero-order valence-electron chi connectivity index (χ0n) is 24.2. The van der Waals surface area contributed by atoms with Crippen molar-refractivity contribution in [3.63, 3.8) is 0 Å². The first-order valence-corrected chi connectivity index (χ1v) is 15.9. The Hall–Kier alpha value is -2.09. The summed E-state index contributed by atoms with van der Waals surface area (Å²) in [7, 11) is 0. The van der Waals surface area contributed by atoms with Crippen molar-refractivity contribution in [3.8, 4) is 0 Å². The summed E-state index contributed by atoms with van der Waals surface area (Å²) in [6.45, 7) is 7.16. The molecule has 38 heavy (non-hydrogen) atoms. The Morgan fingerprint density at radius 3 is 1.53 bits per heavy atom. The maximum absolute atomic E-state index is 12.7. The third-order valence-corrected chi connectivity index (χ3v) is 8.13. The SMILES string of the molecule is CCCCCCCCCCCCCCNC(=O)Nc1sc(C(=O)NCCCCCCCC)c(C)c1C(=O)O. The lowest BCUT2D eigenvalue weighted by Crippen LogP contribution is -2.29. The molecule has 0 saturated carbocycles. The second kappa shape index (κ2) is 21.8. The van der Waals surface area contributed by atoms with Crippen molar-refractivity contribution in [1.29, 1.82) is 0 Å². The van der Waals surface area contributed by atoms with Crippen LogP contribution in [0, 0.1) is 6.92 Å². The lowest BCUT2D eigenvalue weighted by Gasteiger charge is -2.07. The molecule has 1 rings (SSSR count). The van der Waals surface area contributed by atoms with Gasteiger partial charge in [-0.15, -0.1) is 11.3 Å². The van der Waals surface area contributed by atoms with Crippen LogP contribution in [0.1, 0.15) is 155 Å². The van der Waals surface area contributed by atoms with Gasteiger partial charge in [0, 0.05) is 13.1 Å². The molecule has 0 bridgehead atoms. The minimum absolute atomic E-state index is 0.0137. The van der Waals surface area contributed by atoms with Crippen LogP contribution in [0.25, 0.3) is 0 Å². The minimum atomic E-state index is -1.15. The van der Waals surface area contributed by atoms with Crippen LogP contribution in [0.15, 0.2) is 0 Å². The monoisotopic (exact) mass is 551 g/mol. The third-order valence-electron chi connectivity index (χ3n) is 6.93. The number of amides is 3. The van der Waals surface area contributed by atoms with Gasteiger partial charge in [-0.2, -0.15) is 0 Å². The molecule has 1 aromatic rings. The summed E-state index contributed by atoms with van der Waals surface area (Å²) < 4.78 is 0. The molecule has 4 N–H and O–H groups in total. The molecule has 0 spiro atoms. The molecule has 0 fully saturated rings. The molecule has 0 radical (unpaired) electrons. The maximum atomic E-state index is 12.7. The van der Waals surface area contributed by atoms with Gasteiger partial charge in [-0.1, -0.05) is 117 Å². The van der Waals surface area contributed by atoms with Crippen molar-refractivity contribution in [2.24, 2.45) is 0 Å². The van der Waals surface area contributed by atoms with E-state index in [0.717, 1.165) is 43.4 Å². The second-order valence-electron chi connectivity index (χ2n) is 10.4. The van der Waals surface area contributed by atoms with E-state index >= 15 is 0 Å². The highest BCUT2D eigenvalue weighted by atomic mass is 32.1. The number of unbranched alkanes of at least 4 members (excludes halogenated alkanes) is 16. The Morgan fingerprint density at radius 2 is 1.08 bits per heavy atom. The number of rotatable bonds is 23. The quantitative estimate of drug-likeness (QED) is 0.102. The van der Waals surface area contributed by atoms with Crippen LogP contribution in [0.3, 0.4) is 0 Å². The second-order valence-corrected chi connectivity index (χ2v) is 11.4. The molecule has 0 aliphatic carbocycles. The zero-order valence-corrected chi connectivity index (χ0v) is 25.0. The van der Waals surface area contributed by atoms with E-state index in [1.54, 1.807) is 6.92 Å². The zero-order chi connectivity index (χ0) is 28.0. The predicted octanol–water partition coefficient (Wildman–Crippen LogP) is 8.67. The molecule has 8 heteroatoms. The van der Waals surface area contributed by atoms with Crippen LogP contribution in [-0.4, -0.2) is 36.1 Å². The summed E-state index contributed by atoms with van der Waals surface area (Å²) in [5, 5.41) is 18.2. The Labute approximate surface area is 234 Å². The van der Waals surface area contributed by atoms with Crippen molar-refractivity contribution >= 4 is 34.2 Å². The third kappa shape index (κ3) is 14.7. The fourth-order valence-electron chi connectivity index (χ4n) is 4.58. The van der Waals surface area contributed by atoms with Crippen LogP contribution in [0.2, 0.25) is 0 Å².